The Morgan fingerprint density at radius 1 is 1.15 bits per heavy atom. The van der Waals surface area contributed by atoms with Crippen LogP contribution in [0.15, 0.2) is 41.7 Å². The molecule has 0 aliphatic heterocycles. The molecule has 27 heavy (non-hydrogen) atoms. The lowest BCUT2D eigenvalue weighted by Gasteiger charge is -2.27. The molecule has 0 amide bonds. The van der Waals surface area contributed by atoms with E-state index >= 15 is 0 Å². The number of nitrogens with zero attached hydrogens (tertiary/aromatic N) is 3. The van der Waals surface area contributed by atoms with Crippen LogP contribution in [0, 0.1) is 6.92 Å². The van der Waals surface area contributed by atoms with E-state index in [0.29, 0.717) is 0 Å². The Hall–Kier alpha value is -2.30. The minimum absolute atomic E-state index is 0.0445. The number of guanidine groups is 1. The molecule has 0 saturated heterocycles. The van der Waals surface area contributed by atoms with Crippen molar-refractivity contribution in [2.75, 3.05) is 20.1 Å². The number of hydrogen-bond acceptors (Lipinski definition) is 2. The molecule has 0 saturated carbocycles. The number of hydrogen-bond donors (Lipinski definition) is 2. The van der Waals surface area contributed by atoms with Crippen LogP contribution in [0.4, 0.5) is 0 Å². The van der Waals surface area contributed by atoms with Gasteiger partial charge in [-0.25, -0.2) is 4.98 Å². The molecule has 0 unspecified atom stereocenters. The van der Waals surface area contributed by atoms with Crippen LogP contribution in [0.1, 0.15) is 50.6 Å². The van der Waals surface area contributed by atoms with Crippen molar-refractivity contribution in [2.45, 2.75) is 58.9 Å². The highest BCUT2D eigenvalue weighted by Gasteiger charge is 2.20. The maximum atomic E-state index is 4.35. The van der Waals surface area contributed by atoms with Gasteiger partial charge >= 0.3 is 0 Å². The summed E-state index contributed by atoms with van der Waals surface area (Å²) in [5.41, 5.74) is 2.77. The lowest BCUT2D eigenvalue weighted by molar-refractivity contribution is 0.507. The summed E-state index contributed by atoms with van der Waals surface area (Å²) in [5, 5.41) is 6.89. The molecule has 2 aromatic rings. The van der Waals surface area contributed by atoms with Gasteiger partial charge in [0.25, 0.3) is 0 Å². The standard InChI is InChI=1S/C22H35N5/c1-6-19-9-11-20(12-10-19)22(3,4)17-26-21(23-5)25-13-7-8-15-27-16-14-24-18(27)2/h9-12,14,16H,6-8,13,15,17H2,1-5H3,(H2,23,25,26). The number of aliphatic imine (C=N–C) groups is 1. The van der Waals surface area contributed by atoms with Gasteiger partial charge in [-0.3, -0.25) is 4.99 Å². The van der Waals surface area contributed by atoms with Crippen molar-refractivity contribution in [1.82, 2.24) is 20.2 Å². The van der Waals surface area contributed by atoms with Gasteiger partial charge in [0.1, 0.15) is 5.82 Å². The zero-order valence-electron chi connectivity index (χ0n) is 17.5. The highest BCUT2D eigenvalue weighted by atomic mass is 15.2. The molecule has 0 aliphatic carbocycles. The number of unbranched alkanes of at least 4 members (excludes halogenated alkanes) is 1. The van der Waals surface area contributed by atoms with Gasteiger partial charge in [0.05, 0.1) is 0 Å². The predicted molar refractivity (Wildman–Crippen MR) is 114 cm³/mol. The Morgan fingerprint density at radius 2 is 1.89 bits per heavy atom. The average molecular weight is 370 g/mol. The third kappa shape index (κ3) is 6.42. The summed E-state index contributed by atoms with van der Waals surface area (Å²) in [7, 11) is 1.83. The smallest absolute Gasteiger partial charge is 0.191 e. The van der Waals surface area contributed by atoms with Crippen LogP contribution in [-0.2, 0) is 18.4 Å². The Morgan fingerprint density at radius 3 is 2.48 bits per heavy atom. The summed E-state index contributed by atoms with van der Waals surface area (Å²) in [6.45, 7) is 11.5. The van der Waals surface area contributed by atoms with E-state index in [0.717, 1.165) is 50.7 Å². The summed E-state index contributed by atoms with van der Waals surface area (Å²) in [5.74, 6) is 1.95. The highest BCUT2D eigenvalue weighted by molar-refractivity contribution is 5.79. The fourth-order valence-corrected chi connectivity index (χ4v) is 3.07. The van der Waals surface area contributed by atoms with Gasteiger partial charge in [-0.2, -0.15) is 0 Å². The van der Waals surface area contributed by atoms with Gasteiger partial charge in [0.2, 0.25) is 0 Å². The molecule has 148 valence electrons. The van der Waals surface area contributed by atoms with Crippen LogP contribution in [0.25, 0.3) is 0 Å². The average Bonchev–Trinajstić information content (AvgIpc) is 3.08. The first kappa shape index (κ1) is 21.0. The summed E-state index contributed by atoms with van der Waals surface area (Å²) < 4.78 is 2.19. The van der Waals surface area contributed by atoms with Crippen molar-refractivity contribution in [1.29, 1.82) is 0 Å². The largest absolute Gasteiger partial charge is 0.356 e. The number of benzene rings is 1. The molecule has 0 bridgehead atoms. The van der Waals surface area contributed by atoms with Crippen molar-refractivity contribution in [3.63, 3.8) is 0 Å². The van der Waals surface area contributed by atoms with Gasteiger partial charge in [-0.15, -0.1) is 0 Å². The lowest BCUT2D eigenvalue weighted by Crippen LogP contribution is -2.43. The van der Waals surface area contributed by atoms with E-state index in [4.69, 9.17) is 0 Å². The Labute approximate surface area is 164 Å². The van der Waals surface area contributed by atoms with E-state index in [2.05, 4.69) is 70.2 Å². The molecule has 5 nitrogen and oxygen atoms in total. The molecule has 1 aromatic carbocycles. The third-order valence-electron chi connectivity index (χ3n) is 5.11. The van der Waals surface area contributed by atoms with E-state index in [1.54, 1.807) is 0 Å². The number of aromatic nitrogens is 2. The summed E-state index contributed by atoms with van der Waals surface area (Å²) in [6.07, 6.45) is 7.20. The summed E-state index contributed by atoms with van der Waals surface area (Å²) in [6, 6.07) is 8.95. The molecule has 1 heterocycles. The third-order valence-corrected chi connectivity index (χ3v) is 5.11. The monoisotopic (exact) mass is 369 g/mol. The highest BCUT2D eigenvalue weighted by Crippen LogP contribution is 2.22. The number of rotatable bonds is 9. The van der Waals surface area contributed by atoms with Crippen LogP contribution >= 0.6 is 0 Å². The minimum Gasteiger partial charge on any atom is -0.356 e. The molecule has 0 radical (unpaired) electrons. The molecule has 0 fully saturated rings. The fraction of sp³-hybridized carbons (Fsp3) is 0.545. The zero-order valence-corrected chi connectivity index (χ0v) is 17.5. The van der Waals surface area contributed by atoms with Crippen LogP contribution < -0.4 is 10.6 Å². The zero-order chi connectivity index (χ0) is 19.7. The Bertz CT molecular complexity index is 713. The van der Waals surface area contributed by atoms with Crippen LogP contribution in [-0.4, -0.2) is 35.6 Å². The van der Waals surface area contributed by atoms with Crippen molar-refractivity contribution in [2.24, 2.45) is 4.99 Å². The second-order valence-corrected chi connectivity index (χ2v) is 7.66. The first-order valence-corrected chi connectivity index (χ1v) is 9.98. The number of nitrogens with one attached hydrogen (secondary N) is 2. The van der Waals surface area contributed by atoms with Crippen LogP contribution in [0.2, 0.25) is 0 Å². The topological polar surface area (TPSA) is 54.2 Å². The van der Waals surface area contributed by atoms with Crippen molar-refractivity contribution in [3.05, 3.63) is 53.6 Å². The lowest BCUT2D eigenvalue weighted by atomic mass is 9.84. The molecular weight excluding hydrogens is 334 g/mol. The van der Waals surface area contributed by atoms with Gasteiger partial charge in [0, 0.05) is 44.5 Å². The van der Waals surface area contributed by atoms with E-state index < -0.39 is 0 Å². The molecule has 2 rings (SSSR count). The minimum atomic E-state index is 0.0445. The van der Waals surface area contributed by atoms with Crippen molar-refractivity contribution in [3.8, 4) is 0 Å². The number of imidazole rings is 1. The molecular formula is C22H35N5. The molecule has 5 heteroatoms. The quantitative estimate of drug-likeness (QED) is 0.403. The molecule has 2 N–H and O–H groups in total. The van der Waals surface area contributed by atoms with Gasteiger partial charge in [-0.05, 0) is 37.3 Å². The molecule has 0 atom stereocenters. The first-order valence-electron chi connectivity index (χ1n) is 9.98. The van der Waals surface area contributed by atoms with Gasteiger partial charge < -0.3 is 15.2 Å². The first-order chi connectivity index (χ1) is 13.0. The molecule has 1 aromatic heterocycles. The normalized spacial score (nSPS) is 12.3. The van der Waals surface area contributed by atoms with E-state index in [1.165, 1.54) is 11.1 Å². The van der Waals surface area contributed by atoms with Crippen LogP contribution in [0.5, 0.6) is 0 Å². The van der Waals surface area contributed by atoms with Crippen molar-refractivity contribution < 1.29 is 0 Å². The Balaban J connectivity index is 1.73. The van der Waals surface area contributed by atoms with E-state index in [-0.39, 0.29) is 5.41 Å². The van der Waals surface area contributed by atoms with E-state index in [1.807, 2.05) is 26.4 Å². The van der Waals surface area contributed by atoms with Crippen LogP contribution in [0.3, 0.4) is 0 Å². The van der Waals surface area contributed by atoms with Crippen molar-refractivity contribution >= 4 is 5.96 Å². The van der Waals surface area contributed by atoms with E-state index in [9.17, 15) is 0 Å². The SMILES string of the molecule is CCc1ccc(C(C)(C)CNC(=NC)NCCCCn2ccnc2C)cc1. The second-order valence-electron chi connectivity index (χ2n) is 7.66. The number of aryl methyl sites for hydroxylation is 3. The second kappa shape index (κ2) is 10.1. The van der Waals surface area contributed by atoms with Gasteiger partial charge in [0.15, 0.2) is 5.96 Å². The van der Waals surface area contributed by atoms with Gasteiger partial charge in [-0.1, -0.05) is 45.0 Å². The summed E-state index contributed by atoms with van der Waals surface area (Å²) in [4.78, 5) is 8.61. The maximum absolute atomic E-state index is 4.35. The maximum Gasteiger partial charge on any atom is 0.191 e. The molecule has 0 aliphatic rings. The molecule has 0 spiro atoms. The fourth-order valence-electron chi connectivity index (χ4n) is 3.07. The Kier molecular flexibility index (Phi) is 7.89. The predicted octanol–water partition coefficient (Wildman–Crippen LogP) is 3.68. The summed E-state index contributed by atoms with van der Waals surface area (Å²) >= 11 is 0.